The van der Waals surface area contributed by atoms with Crippen molar-refractivity contribution < 1.29 is 13.9 Å². The van der Waals surface area contributed by atoms with Gasteiger partial charge in [0.2, 0.25) is 5.91 Å². The summed E-state index contributed by atoms with van der Waals surface area (Å²) in [5.74, 6) is 0.0246. The van der Waals surface area contributed by atoms with Gasteiger partial charge >= 0.3 is 5.76 Å². The van der Waals surface area contributed by atoms with Crippen LogP contribution in [-0.4, -0.2) is 23.2 Å². The molecule has 0 fully saturated rings. The van der Waals surface area contributed by atoms with Crippen molar-refractivity contribution in [1.29, 1.82) is 0 Å². The van der Waals surface area contributed by atoms with Crippen LogP contribution in [0.1, 0.15) is 18.1 Å². The first kappa shape index (κ1) is 17.6. The summed E-state index contributed by atoms with van der Waals surface area (Å²) < 4.78 is 10.9. The number of ether oxygens (including phenoxy) is 1. The van der Waals surface area contributed by atoms with Gasteiger partial charge in [-0.1, -0.05) is 12.1 Å². The third kappa shape index (κ3) is 3.66. The van der Waals surface area contributed by atoms with Crippen molar-refractivity contribution in [3.05, 3.63) is 64.2 Å². The molecule has 8 nitrogen and oxygen atoms in total. The molecule has 0 spiro atoms. The minimum absolute atomic E-state index is 0.142. The van der Waals surface area contributed by atoms with Gasteiger partial charge in [0.1, 0.15) is 12.4 Å². The van der Waals surface area contributed by atoms with E-state index in [2.05, 4.69) is 15.3 Å². The van der Waals surface area contributed by atoms with Crippen LogP contribution in [0.25, 0.3) is 16.8 Å². The smallest absolute Gasteiger partial charge is 0.417 e. The highest BCUT2D eigenvalue weighted by molar-refractivity contribution is 6.02. The number of benzene rings is 2. The Kier molecular flexibility index (Phi) is 4.44. The Morgan fingerprint density at radius 3 is 2.96 bits per heavy atom. The summed E-state index contributed by atoms with van der Waals surface area (Å²) in [5.41, 5.74) is 10.7. The molecule has 0 bridgehead atoms. The summed E-state index contributed by atoms with van der Waals surface area (Å²) in [6.45, 7) is 2.15. The lowest BCUT2D eigenvalue weighted by atomic mass is 10.1. The van der Waals surface area contributed by atoms with Crippen molar-refractivity contribution in [2.24, 2.45) is 10.7 Å². The molecule has 1 aromatic heterocycles. The van der Waals surface area contributed by atoms with Crippen molar-refractivity contribution in [3.8, 4) is 5.75 Å². The zero-order valence-corrected chi connectivity index (χ0v) is 15.1. The molecule has 4 N–H and O–H groups in total. The second-order valence-corrected chi connectivity index (χ2v) is 6.43. The summed E-state index contributed by atoms with van der Waals surface area (Å²) in [6.07, 6.45) is 1.74. The van der Waals surface area contributed by atoms with E-state index in [4.69, 9.17) is 14.9 Å². The second-order valence-electron chi connectivity index (χ2n) is 6.43. The van der Waals surface area contributed by atoms with Crippen molar-refractivity contribution in [2.75, 3.05) is 11.9 Å². The molecule has 4 rings (SSSR count). The van der Waals surface area contributed by atoms with Crippen LogP contribution in [0.4, 0.5) is 5.69 Å². The molecular weight excluding hydrogens is 360 g/mol. The molecule has 142 valence electrons. The van der Waals surface area contributed by atoms with E-state index in [1.165, 1.54) is 6.92 Å². The first-order valence-electron chi connectivity index (χ1n) is 8.65. The number of nitrogens with zero attached hydrogens (tertiary/aromatic N) is 1. The molecule has 2 aromatic carbocycles. The van der Waals surface area contributed by atoms with Gasteiger partial charge in [-0.15, -0.1) is 0 Å². The molecule has 8 heteroatoms. The largest absolute Gasteiger partial charge is 0.487 e. The maximum Gasteiger partial charge on any atom is 0.417 e. The number of nitrogens with one attached hydrogen (secondary N) is 2. The Balaban J connectivity index is 1.55. The Bertz CT molecular complexity index is 1190. The topological polar surface area (TPSA) is 123 Å². The van der Waals surface area contributed by atoms with Gasteiger partial charge in [-0.3, -0.25) is 14.8 Å². The van der Waals surface area contributed by atoms with Gasteiger partial charge in [-0.25, -0.2) is 4.79 Å². The molecule has 0 saturated heterocycles. The van der Waals surface area contributed by atoms with Gasteiger partial charge in [0.15, 0.2) is 5.58 Å². The predicted molar refractivity (Wildman–Crippen MR) is 106 cm³/mol. The number of hydrogen-bond donors (Lipinski definition) is 3. The van der Waals surface area contributed by atoms with Crippen molar-refractivity contribution >= 4 is 34.1 Å². The molecular formula is C20H18N4O4. The van der Waals surface area contributed by atoms with Crippen molar-refractivity contribution in [1.82, 2.24) is 4.98 Å². The van der Waals surface area contributed by atoms with E-state index in [1.54, 1.807) is 30.3 Å². The van der Waals surface area contributed by atoms with Gasteiger partial charge in [0.25, 0.3) is 0 Å². The van der Waals surface area contributed by atoms with Crippen molar-refractivity contribution in [3.63, 3.8) is 0 Å². The molecule has 1 amide bonds. The summed E-state index contributed by atoms with van der Waals surface area (Å²) in [7, 11) is 0. The number of oxazole rings is 1. The van der Waals surface area contributed by atoms with Gasteiger partial charge < -0.3 is 20.2 Å². The van der Waals surface area contributed by atoms with Crippen LogP contribution in [0.15, 0.2) is 56.7 Å². The number of amides is 1. The number of anilines is 1. The van der Waals surface area contributed by atoms with E-state index in [9.17, 15) is 9.59 Å². The van der Waals surface area contributed by atoms with E-state index in [0.717, 1.165) is 5.56 Å². The monoisotopic (exact) mass is 378 g/mol. The molecule has 0 radical (unpaired) electrons. The lowest BCUT2D eigenvalue weighted by Crippen LogP contribution is -2.11. The Morgan fingerprint density at radius 2 is 2.14 bits per heavy atom. The summed E-state index contributed by atoms with van der Waals surface area (Å²) in [4.78, 5) is 29.7. The number of aromatic amines is 1. The molecule has 1 aliphatic rings. The lowest BCUT2D eigenvalue weighted by molar-refractivity contribution is -0.114. The molecule has 0 aliphatic carbocycles. The Labute approximate surface area is 159 Å². The van der Waals surface area contributed by atoms with E-state index < -0.39 is 5.76 Å². The van der Waals surface area contributed by atoms with Crippen LogP contribution < -0.4 is 21.5 Å². The molecule has 1 aliphatic heterocycles. The van der Waals surface area contributed by atoms with E-state index in [-0.39, 0.29) is 12.5 Å². The van der Waals surface area contributed by atoms with Gasteiger partial charge in [0.05, 0.1) is 17.8 Å². The minimum atomic E-state index is -0.507. The zero-order valence-electron chi connectivity index (χ0n) is 15.1. The second kappa shape index (κ2) is 7.07. The fraction of sp³-hybridized carbons (Fsp3) is 0.150. The molecule has 3 aromatic rings. The van der Waals surface area contributed by atoms with E-state index in [0.29, 0.717) is 46.1 Å². The average Bonchev–Trinajstić information content (AvgIpc) is 2.91. The zero-order chi connectivity index (χ0) is 19.7. The van der Waals surface area contributed by atoms with Gasteiger partial charge in [-0.05, 0) is 24.3 Å². The molecule has 0 saturated carbocycles. The lowest BCUT2D eigenvalue weighted by Gasteiger charge is -2.09. The normalized spacial score (nSPS) is 14.0. The van der Waals surface area contributed by atoms with Crippen LogP contribution in [0, 0.1) is 0 Å². The van der Waals surface area contributed by atoms with Crippen LogP contribution in [0.3, 0.4) is 0 Å². The van der Waals surface area contributed by atoms with Crippen LogP contribution in [0.2, 0.25) is 0 Å². The summed E-state index contributed by atoms with van der Waals surface area (Å²) in [6, 6.07) is 10.7. The number of rotatable bonds is 3. The fourth-order valence-corrected chi connectivity index (χ4v) is 2.96. The highest BCUT2D eigenvalue weighted by Gasteiger charge is 2.12. The third-order valence-electron chi connectivity index (χ3n) is 4.29. The SMILES string of the molecule is CC(=O)Nc1ccc2c(c1)OCC(C=C(N)c1ccc3[nH]c(=O)oc3c1)=NC2. The third-order valence-corrected chi connectivity index (χ3v) is 4.29. The highest BCUT2D eigenvalue weighted by Crippen LogP contribution is 2.26. The number of carbonyl (C=O) groups is 1. The molecule has 28 heavy (non-hydrogen) atoms. The number of hydrogen-bond acceptors (Lipinski definition) is 6. The maximum absolute atomic E-state index is 11.3. The fourth-order valence-electron chi connectivity index (χ4n) is 2.96. The first-order valence-corrected chi connectivity index (χ1v) is 8.65. The van der Waals surface area contributed by atoms with Crippen LogP contribution >= 0.6 is 0 Å². The number of nitrogens with two attached hydrogens (primary N) is 1. The standard InChI is InChI=1S/C20H18N4O4/c1-11(25)23-14-4-2-13-9-22-15(10-27-18(13)8-14)7-16(21)12-3-5-17-19(6-12)28-20(26)24-17/h2-8H,9-10,21H2,1H3,(H,23,25)(H,24,26). The molecule has 2 heterocycles. The van der Waals surface area contributed by atoms with Crippen LogP contribution in [-0.2, 0) is 11.3 Å². The van der Waals surface area contributed by atoms with Gasteiger partial charge in [-0.2, -0.15) is 0 Å². The Hall–Kier alpha value is -3.81. The number of aromatic nitrogens is 1. The number of aliphatic imine (C=N–C) groups is 1. The van der Waals surface area contributed by atoms with E-state index >= 15 is 0 Å². The number of carbonyl (C=O) groups excluding carboxylic acids is 1. The number of H-pyrrole nitrogens is 1. The van der Waals surface area contributed by atoms with E-state index in [1.807, 2.05) is 12.1 Å². The first-order chi connectivity index (χ1) is 13.5. The average molecular weight is 378 g/mol. The maximum atomic E-state index is 11.3. The summed E-state index contributed by atoms with van der Waals surface area (Å²) >= 11 is 0. The summed E-state index contributed by atoms with van der Waals surface area (Å²) in [5, 5.41) is 2.73. The highest BCUT2D eigenvalue weighted by atomic mass is 16.5. The van der Waals surface area contributed by atoms with Crippen LogP contribution in [0.5, 0.6) is 5.75 Å². The minimum Gasteiger partial charge on any atom is -0.487 e. The van der Waals surface area contributed by atoms with Crippen molar-refractivity contribution in [2.45, 2.75) is 13.5 Å². The van der Waals surface area contributed by atoms with Gasteiger partial charge in [0, 0.05) is 35.5 Å². The molecule has 0 unspecified atom stereocenters. The predicted octanol–water partition coefficient (Wildman–Crippen LogP) is 2.41. The quantitative estimate of drug-likeness (QED) is 0.646. The number of fused-ring (bicyclic) bond motifs is 2. The molecule has 0 atom stereocenters. The Morgan fingerprint density at radius 1 is 1.29 bits per heavy atom.